The van der Waals surface area contributed by atoms with Gasteiger partial charge in [-0.3, -0.25) is 4.99 Å². The summed E-state index contributed by atoms with van der Waals surface area (Å²) in [5.74, 6) is 2.57. The second-order valence-corrected chi connectivity index (χ2v) is 6.11. The largest absolute Gasteiger partial charge is 0.493 e. The summed E-state index contributed by atoms with van der Waals surface area (Å²) in [6.45, 7) is 6.64. The highest BCUT2D eigenvalue weighted by molar-refractivity contribution is 14.0. The Labute approximate surface area is 163 Å². The Kier molecular flexibility index (Phi) is 10.1. The first kappa shape index (κ1) is 21.0. The third-order valence-electron chi connectivity index (χ3n) is 4.14. The van der Waals surface area contributed by atoms with Crippen molar-refractivity contribution in [3.8, 4) is 5.75 Å². The van der Waals surface area contributed by atoms with Crippen LogP contribution in [0.4, 0.5) is 0 Å². The van der Waals surface area contributed by atoms with Crippen LogP contribution in [0.15, 0.2) is 29.3 Å². The fourth-order valence-electron chi connectivity index (χ4n) is 2.21. The minimum Gasteiger partial charge on any atom is -0.493 e. The molecule has 24 heavy (non-hydrogen) atoms. The summed E-state index contributed by atoms with van der Waals surface area (Å²) in [5.41, 5.74) is 1.17. The molecule has 0 unspecified atom stereocenters. The van der Waals surface area contributed by atoms with E-state index in [1.165, 1.54) is 18.4 Å². The number of likely N-dealkylation sites (N-methyl/N-ethyl adjacent to an activating group) is 1. The fourth-order valence-corrected chi connectivity index (χ4v) is 2.21. The zero-order valence-corrected chi connectivity index (χ0v) is 17.4. The van der Waals surface area contributed by atoms with E-state index in [-0.39, 0.29) is 24.0 Å². The summed E-state index contributed by atoms with van der Waals surface area (Å²) in [6.07, 6.45) is 2.62. The molecule has 0 spiro atoms. The summed E-state index contributed by atoms with van der Waals surface area (Å²) in [4.78, 5) is 6.54. The van der Waals surface area contributed by atoms with E-state index in [0.717, 1.165) is 43.9 Å². The van der Waals surface area contributed by atoms with Gasteiger partial charge in [-0.2, -0.15) is 0 Å². The number of para-hydroxylation sites is 1. The Bertz CT molecular complexity index is 506. The predicted molar refractivity (Wildman–Crippen MR) is 111 cm³/mol. The highest BCUT2D eigenvalue weighted by atomic mass is 127. The highest BCUT2D eigenvalue weighted by Gasteiger charge is 2.22. The van der Waals surface area contributed by atoms with E-state index < -0.39 is 0 Å². The molecule has 2 N–H and O–H groups in total. The smallest absolute Gasteiger partial charge is 0.191 e. The van der Waals surface area contributed by atoms with Gasteiger partial charge in [-0.25, -0.2) is 0 Å². The lowest BCUT2D eigenvalue weighted by molar-refractivity contribution is 0.296. The molecule has 1 aromatic rings. The normalized spacial score (nSPS) is 14.2. The molecule has 1 fully saturated rings. The second kappa shape index (κ2) is 11.5. The molecule has 1 aliphatic carbocycles. The maximum absolute atomic E-state index is 5.95. The van der Waals surface area contributed by atoms with Crippen molar-refractivity contribution in [1.29, 1.82) is 0 Å². The Hall–Kier alpha value is -1.02. The first-order valence-electron chi connectivity index (χ1n) is 8.56. The lowest BCUT2D eigenvalue weighted by Gasteiger charge is -2.17. The molecule has 0 radical (unpaired) electrons. The van der Waals surface area contributed by atoms with E-state index in [4.69, 9.17) is 4.74 Å². The average molecular weight is 446 g/mol. The maximum atomic E-state index is 5.95. The quantitative estimate of drug-likeness (QED) is 0.348. The number of nitrogens with one attached hydrogen (secondary N) is 2. The standard InChI is InChI=1S/C18H30N4O.HI/c1-4-22(3)12-11-20-18(19-2)21-13-16-7-5-6-8-17(16)23-14-15-9-10-15;/h5-8,15H,4,9-14H2,1-3H3,(H2,19,20,21);1H. The summed E-state index contributed by atoms with van der Waals surface area (Å²) >= 11 is 0. The summed E-state index contributed by atoms with van der Waals surface area (Å²) in [6, 6.07) is 8.23. The highest BCUT2D eigenvalue weighted by Crippen LogP contribution is 2.30. The number of guanidine groups is 1. The van der Waals surface area contributed by atoms with Gasteiger partial charge in [-0.05, 0) is 38.4 Å². The van der Waals surface area contributed by atoms with Crippen LogP contribution in [0.25, 0.3) is 0 Å². The first-order valence-corrected chi connectivity index (χ1v) is 8.56. The molecule has 0 heterocycles. The first-order chi connectivity index (χ1) is 11.2. The third kappa shape index (κ3) is 7.70. The second-order valence-electron chi connectivity index (χ2n) is 6.11. The molecule has 5 nitrogen and oxygen atoms in total. The van der Waals surface area contributed by atoms with Crippen LogP contribution in [0.5, 0.6) is 5.75 Å². The third-order valence-corrected chi connectivity index (χ3v) is 4.14. The van der Waals surface area contributed by atoms with Crippen LogP contribution >= 0.6 is 24.0 Å². The van der Waals surface area contributed by atoms with Gasteiger partial charge < -0.3 is 20.3 Å². The predicted octanol–water partition coefficient (Wildman–Crippen LogP) is 2.71. The van der Waals surface area contributed by atoms with E-state index in [2.05, 4.69) is 40.6 Å². The van der Waals surface area contributed by atoms with Gasteiger partial charge in [-0.1, -0.05) is 25.1 Å². The SMILES string of the molecule is CCN(C)CCNC(=NC)NCc1ccccc1OCC1CC1.I. The Morgan fingerprint density at radius 2 is 2.04 bits per heavy atom. The minimum atomic E-state index is 0. The van der Waals surface area contributed by atoms with Gasteiger partial charge in [0.1, 0.15) is 5.75 Å². The van der Waals surface area contributed by atoms with Crippen LogP contribution in [-0.4, -0.2) is 51.2 Å². The molecule has 0 bridgehead atoms. The van der Waals surface area contributed by atoms with E-state index >= 15 is 0 Å². The average Bonchev–Trinajstić information content (AvgIpc) is 3.40. The maximum Gasteiger partial charge on any atom is 0.191 e. The topological polar surface area (TPSA) is 48.9 Å². The van der Waals surface area contributed by atoms with Crippen LogP contribution in [-0.2, 0) is 6.54 Å². The van der Waals surface area contributed by atoms with Crippen molar-refractivity contribution in [2.24, 2.45) is 10.9 Å². The van der Waals surface area contributed by atoms with Gasteiger partial charge >= 0.3 is 0 Å². The van der Waals surface area contributed by atoms with Crippen molar-refractivity contribution in [3.05, 3.63) is 29.8 Å². The number of rotatable bonds is 9. The summed E-state index contributed by atoms with van der Waals surface area (Å²) in [7, 11) is 3.92. The number of ether oxygens (including phenoxy) is 1. The number of aliphatic imine (C=N–C) groups is 1. The van der Waals surface area contributed by atoms with Crippen molar-refractivity contribution in [3.63, 3.8) is 0 Å². The minimum absolute atomic E-state index is 0. The Morgan fingerprint density at radius 1 is 1.29 bits per heavy atom. The van der Waals surface area contributed by atoms with Crippen LogP contribution in [0.2, 0.25) is 0 Å². The number of nitrogens with zero attached hydrogens (tertiary/aromatic N) is 2. The van der Waals surface area contributed by atoms with E-state index in [1.807, 2.05) is 18.2 Å². The van der Waals surface area contributed by atoms with Crippen molar-refractivity contribution in [2.45, 2.75) is 26.3 Å². The molecule has 136 valence electrons. The molecule has 0 aromatic heterocycles. The molecule has 1 saturated carbocycles. The van der Waals surface area contributed by atoms with Crippen LogP contribution in [0.1, 0.15) is 25.3 Å². The molecule has 6 heteroatoms. The molecule has 1 aliphatic rings. The number of benzene rings is 1. The summed E-state index contributed by atoms with van der Waals surface area (Å²) < 4.78 is 5.95. The molecule has 1 aromatic carbocycles. The number of hydrogen-bond acceptors (Lipinski definition) is 3. The van der Waals surface area contributed by atoms with Gasteiger partial charge in [0.2, 0.25) is 0 Å². The fraction of sp³-hybridized carbons (Fsp3) is 0.611. The van der Waals surface area contributed by atoms with Crippen molar-refractivity contribution in [2.75, 3.05) is 40.3 Å². The van der Waals surface area contributed by atoms with Gasteiger partial charge in [-0.15, -0.1) is 24.0 Å². The van der Waals surface area contributed by atoms with Gasteiger partial charge in [0.25, 0.3) is 0 Å². The number of halogens is 1. The van der Waals surface area contributed by atoms with Gasteiger partial charge in [0.15, 0.2) is 5.96 Å². The van der Waals surface area contributed by atoms with E-state index in [1.54, 1.807) is 7.05 Å². The van der Waals surface area contributed by atoms with Gasteiger partial charge in [0, 0.05) is 32.2 Å². The lowest BCUT2D eigenvalue weighted by Crippen LogP contribution is -2.40. The van der Waals surface area contributed by atoms with Crippen molar-refractivity contribution in [1.82, 2.24) is 15.5 Å². The Balaban J connectivity index is 0.00000288. The molecule has 2 rings (SSSR count). The monoisotopic (exact) mass is 446 g/mol. The zero-order valence-electron chi connectivity index (χ0n) is 15.0. The van der Waals surface area contributed by atoms with Gasteiger partial charge in [0.05, 0.1) is 6.61 Å². The molecule has 0 amide bonds. The molecular weight excluding hydrogens is 415 g/mol. The number of hydrogen-bond donors (Lipinski definition) is 2. The molecule has 0 saturated heterocycles. The van der Waals surface area contributed by atoms with Crippen molar-refractivity contribution >= 4 is 29.9 Å². The molecule has 0 atom stereocenters. The zero-order chi connectivity index (χ0) is 16.5. The van der Waals surface area contributed by atoms with E-state index in [0.29, 0.717) is 6.54 Å². The van der Waals surface area contributed by atoms with Crippen LogP contribution in [0.3, 0.4) is 0 Å². The lowest BCUT2D eigenvalue weighted by atomic mass is 10.2. The van der Waals surface area contributed by atoms with Crippen LogP contribution < -0.4 is 15.4 Å². The summed E-state index contributed by atoms with van der Waals surface area (Å²) in [5, 5.41) is 6.70. The molecular formula is C18H31IN4O. The van der Waals surface area contributed by atoms with E-state index in [9.17, 15) is 0 Å². The Morgan fingerprint density at radius 3 is 2.71 bits per heavy atom. The molecule has 0 aliphatic heterocycles. The van der Waals surface area contributed by atoms with Crippen LogP contribution in [0, 0.1) is 5.92 Å². The van der Waals surface area contributed by atoms with Crippen molar-refractivity contribution < 1.29 is 4.74 Å².